The van der Waals surface area contributed by atoms with Gasteiger partial charge in [-0.15, -0.1) is 0 Å². The maximum absolute atomic E-state index is 13.9. The topological polar surface area (TPSA) is 107 Å². The van der Waals surface area contributed by atoms with Crippen molar-refractivity contribution in [2.45, 2.75) is 18.1 Å². The second kappa shape index (κ2) is 4.33. The van der Waals surface area contributed by atoms with Gasteiger partial charge in [-0.05, 0) is 0 Å². The van der Waals surface area contributed by atoms with Crippen molar-refractivity contribution in [2.75, 3.05) is 13.1 Å². The highest BCUT2D eigenvalue weighted by atomic mass is 19.1. The van der Waals surface area contributed by atoms with Gasteiger partial charge in [0, 0.05) is 6.42 Å². The number of nitrogens with zero attached hydrogens (tertiary/aromatic N) is 1. The standard InChI is InChI=1S/C8H11FN2O5/c9-8(2-10-4-12)1-5(6(13)14)11(3-8)7(15)16/h4-5H,1-3H2,(H,10,12)(H,13,14)(H,15,16)/t5-,8-/m0/s1. The molecule has 1 rings (SSSR count). The van der Waals surface area contributed by atoms with Gasteiger partial charge < -0.3 is 15.5 Å². The first-order valence-electron chi connectivity index (χ1n) is 4.48. The molecule has 0 aromatic heterocycles. The lowest BCUT2D eigenvalue weighted by molar-refractivity contribution is -0.141. The molecule has 90 valence electrons. The zero-order valence-corrected chi connectivity index (χ0v) is 8.22. The highest BCUT2D eigenvalue weighted by Gasteiger charge is 2.49. The van der Waals surface area contributed by atoms with Crippen LogP contribution in [0.5, 0.6) is 0 Å². The summed E-state index contributed by atoms with van der Waals surface area (Å²) in [5.74, 6) is -1.40. The number of nitrogens with one attached hydrogen (secondary N) is 1. The van der Waals surface area contributed by atoms with Crippen LogP contribution in [0.3, 0.4) is 0 Å². The number of hydrogen-bond acceptors (Lipinski definition) is 3. The van der Waals surface area contributed by atoms with E-state index in [1.807, 2.05) is 0 Å². The van der Waals surface area contributed by atoms with Crippen molar-refractivity contribution in [3.63, 3.8) is 0 Å². The van der Waals surface area contributed by atoms with Crippen molar-refractivity contribution in [1.82, 2.24) is 10.2 Å². The quantitative estimate of drug-likeness (QED) is 0.556. The van der Waals surface area contributed by atoms with Crippen LogP contribution >= 0.6 is 0 Å². The van der Waals surface area contributed by atoms with Crippen molar-refractivity contribution in [3.8, 4) is 0 Å². The molecule has 1 aliphatic heterocycles. The lowest BCUT2D eigenvalue weighted by atomic mass is 10.0. The Bertz CT molecular complexity index is 300. The maximum atomic E-state index is 13.9. The molecule has 0 radical (unpaired) electrons. The van der Waals surface area contributed by atoms with Gasteiger partial charge in [-0.3, -0.25) is 9.69 Å². The van der Waals surface area contributed by atoms with Crippen LogP contribution in [0.1, 0.15) is 6.42 Å². The van der Waals surface area contributed by atoms with E-state index in [1.165, 1.54) is 0 Å². The SMILES string of the molecule is O=CNC[C@@]1(F)C[C@@H](C(=O)O)N(C(=O)O)C1. The Hall–Kier alpha value is -1.86. The van der Waals surface area contributed by atoms with Crippen molar-refractivity contribution in [3.05, 3.63) is 0 Å². The van der Waals surface area contributed by atoms with Crippen LogP contribution in [0.4, 0.5) is 9.18 Å². The average Bonchev–Trinajstić information content (AvgIpc) is 2.55. The Kier molecular flexibility index (Phi) is 3.31. The van der Waals surface area contributed by atoms with Gasteiger partial charge in [0.1, 0.15) is 11.7 Å². The van der Waals surface area contributed by atoms with Crippen LogP contribution in [0.15, 0.2) is 0 Å². The number of carbonyl (C=O) groups is 3. The molecule has 0 aromatic carbocycles. The molecule has 7 nitrogen and oxygen atoms in total. The summed E-state index contributed by atoms with van der Waals surface area (Å²) in [6.45, 7) is -0.954. The van der Waals surface area contributed by atoms with Gasteiger partial charge in [0.05, 0.1) is 13.1 Å². The van der Waals surface area contributed by atoms with Crippen molar-refractivity contribution < 1.29 is 29.0 Å². The maximum Gasteiger partial charge on any atom is 0.408 e. The third-order valence-electron chi connectivity index (χ3n) is 2.42. The molecular weight excluding hydrogens is 223 g/mol. The molecule has 1 heterocycles. The first-order valence-corrected chi connectivity index (χ1v) is 4.48. The third kappa shape index (κ3) is 2.38. The summed E-state index contributed by atoms with van der Waals surface area (Å²) in [6, 6.07) is -1.41. The van der Waals surface area contributed by atoms with E-state index in [0.29, 0.717) is 4.90 Å². The molecule has 2 atom stereocenters. The van der Waals surface area contributed by atoms with E-state index in [-0.39, 0.29) is 6.41 Å². The Labute approximate surface area is 89.8 Å². The van der Waals surface area contributed by atoms with Gasteiger partial charge in [0.25, 0.3) is 0 Å². The molecule has 1 fully saturated rings. The smallest absolute Gasteiger partial charge is 0.408 e. The monoisotopic (exact) mass is 234 g/mol. The number of alkyl halides is 1. The Morgan fingerprint density at radius 3 is 2.56 bits per heavy atom. The van der Waals surface area contributed by atoms with E-state index >= 15 is 0 Å². The molecule has 1 saturated heterocycles. The zero-order valence-electron chi connectivity index (χ0n) is 8.22. The van der Waals surface area contributed by atoms with E-state index in [9.17, 15) is 18.8 Å². The lowest BCUT2D eigenvalue weighted by Gasteiger charge is -2.18. The number of rotatable bonds is 4. The van der Waals surface area contributed by atoms with E-state index in [0.717, 1.165) is 0 Å². The third-order valence-corrected chi connectivity index (χ3v) is 2.42. The molecule has 16 heavy (non-hydrogen) atoms. The molecule has 0 aromatic rings. The zero-order chi connectivity index (χ0) is 12.3. The van der Waals surface area contributed by atoms with Crippen LogP contribution in [0.2, 0.25) is 0 Å². The van der Waals surface area contributed by atoms with Crippen LogP contribution in [-0.4, -0.2) is 58.4 Å². The van der Waals surface area contributed by atoms with E-state index in [2.05, 4.69) is 5.32 Å². The highest BCUT2D eigenvalue weighted by Crippen LogP contribution is 2.30. The predicted octanol–water partition coefficient (Wildman–Crippen LogP) is -0.722. The van der Waals surface area contributed by atoms with Crippen LogP contribution in [-0.2, 0) is 9.59 Å². The molecule has 3 N–H and O–H groups in total. The van der Waals surface area contributed by atoms with Gasteiger partial charge >= 0.3 is 12.1 Å². The molecule has 0 unspecified atom stereocenters. The van der Waals surface area contributed by atoms with Gasteiger partial charge in [0.2, 0.25) is 6.41 Å². The first-order chi connectivity index (χ1) is 7.39. The normalized spacial score (nSPS) is 28.8. The Balaban J connectivity index is 2.78. The minimum Gasteiger partial charge on any atom is -0.480 e. The molecular formula is C8H11FN2O5. The first kappa shape index (κ1) is 12.2. The number of carboxylic acid groups (broad SMARTS) is 2. The number of likely N-dealkylation sites (tertiary alicyclic amines) is 1. The predicted molar refractivity (Wildman–Crippen MR) is 48.7 cm³/mol. The summed E-state index contributed by atoms with van der Waals surface area (Å²) in [4.78, 5) is 31.9. The summed E-state index contributed by atoms with van der Waals surface area (Å²) in [7, 11) is 0. The second-order valence-corrected chi connectivity index (χ2v) is 3.62. The van der Waals surface area contributed by atoms with E-state index < -0.39 is 43.3 Å². The van der Waals surface area contributed by atoms with E-state index in [1.54, 1.807) is 0 Å². The fourth-order valence-electron chi connectivity index (χ4n) is 1.71. The van der Waals surface area contributed by atoms with Crippen LogP contribution in [0, 0.1) is 0 Å². The van der Waals surface area contributed by atoms with Gasteiger partial charge in [-0.2, -0.15) is 0 Å². The van der Waals surface area contributed by atoms with E-state index in [4.69, 9.17) is 10.2 Å². The van der Waals surface area contributed by atoms with Gasteiger partial charge in [-0.25, -0.2) is 14.0 Å². The van der Waals surface area contributed by atoms with Crippen LogP contribution in [0.25, 0.3) is 0 Å². The van der Waals surface area contributed by atoms with Crippen LogP contribution < -0.4 is 5.32 Å². The number of amides is 2. The summed E-state index contributed by atoms with van der Waals surface area (Å²) in [6.07, 6.45) is -1.67. The minimum absolute atomic E-state index is 0.278. The summed E-state index contributed by atoms with van der Waals surface area (Å²) >= 11 is 0. The highest BCUT2D eigenvalue weighted by molar-refractivity contribution is 5.80. The number of hydrogen-bond donors (Lipinski definition) is 3. The molecule has 0 bridgehead atoms. The number of carbonyl (C=O) groups excluding carboxylic acids is 1. The van der Waals surface area contributed by atoms with Crippen molar-refractivity contribution >= 4 is 18.5 Å². The minimum atomic E-state index is -2.03. The molecule has 0 saturated carbocycles. The summed E-state index contributed by atoms with van der Waals surface area (Å²) in [5, 5.41) is 19.5. The number of aliphatic carboxylic acids is 1. The summed E-state index contributed by atoms with van der Waals surface area (Å²) < 4.78 is 13.9. The molecule has 0 aliphatic carbocycles. The molecule has 8 heteroatoms. The number of carboxylic acids is 1. The largest absolute Gasteiger partial charge is 0.480 e. The molecule has 0 spiro atoms. The molecule has 1 aliphatic rings. The average molecular weight is 234 g/mol. The molecule has 2 amide bonds. The Morgan fingerprint density at radius 2 is 2.19 bits per heavy atom. The number of halogens is 1. The lowest BCUT2D eigenvalue weighted by Crippen LogP contribution is -2.41. The Morgan fingerprint density at radius 1 is 1.56 bits per heavy atom. The second-order valence-electron chi connectivity index (χ2n) is 3.62. The fourth-order valence-corrected chi connectivity index (χ4v) is 1.71. The summed E-state index contributed by atoms with van der Waals surface area (Å²) in [5.41, 5.74) is -2.03. The van der Waals surface area contributed by atoms with Gasteiger partial charge in [-0.1, -0.05) is 0 Å². The fraction of sp³-hybridized carbons (Fsp3) is 0.625. The van der Waals surface area contributed by atoms with Gasteiger partial charge in [0.15, 0.2) is 0 Å². The van der Waals surface area contributed by atoms with Crippen molar-refractivity contribution in [2.24, 2.45) is 0 Å². The van der Waals surface area contributed by atoms with Crippen molar-refractivity contribution in [1.29, 1.82) is 0 Å².